The second-order valence-corrected chi connectivity index (χ2v) is 6.74. The van der Waals surface area contributed by atoms with Gasteiger partial charge in [0.1, 0.15) is 5.75 Å². The first-order valence-corrected chi connectivity index (χ1v) is 8.72. The van der Waals surface area contributed by atoms with Crippen LogP contribution in [0.5, 0.6) is 5.75 Å². The first kappa shape index (κ1) is 19.3. The van der Waals surface area contributed by atoms with Crippen LogP contribution in [-0.4, -0.2) is 25.0 Å². The van der Waals surface area contributed by atoms with E-state index >= 15 is 0 Å². The Morgan fingerprint density at radius 1 is 1.20 bits per heavy atom. The van der Waals surface area contributed by atoms with E-state index in [9.17, 15) is 9.59 Å². The van der Waals surface area contributed by atoms with Gasteiger partial charge in [0.2, 0.25) is 5.91 Å². The molecule has 5 nitrogen and oxygen atoms in total. The third-order valence-electron chi connectivity index (χ3n) is 3.56. The average Bonchev–Trinajstić information content (AvgIpc) is 2.57. The third kappa shape index (κ3) is 5.21. The maximum absolute atomic E-state index is 12.3. The fraction of sp³-hybridized carbons (Fsp3) is 0.222. The Bertz CT molecular complexity index is 780. The maximum Gasteiger partial charge on any atom is 0.265 e. The van der Waals surface area contributed by atoms with Gasteiger partial charge in [-0.3, -0.25) is 9.59 Å². The maximum atomic E-state index is 12.3. The molecule has 132 valence electrons. The summed E-state index contributed by atoms with van der Waals surface area (Å²) in [5, 5.41) is 3.36. The lowest BCUT2D eigenvalue weighted by Crippen LogP contribution is -2.30. The van der Waals surface area contributed by atoms with E-state index in [-0.39, 0.29) is 11.8 Å². The van der Waals surface area contributed by atoms with Crippen LogP contribution in [-0.2, 0) is 9.59 Å². The molecule has 1 atom stereocenters. The Kier molecular flexibility index (Phi) is 6.45. The van der Waals surface area contributed by atoms with Crippen molar-refractivity contribution in [2.75, 3.05) is 17.3 Å². The van der Waals surface area contributed by atoms with E-state index < -0.39 is 6.10 Å². The molecule has 2 aromatic carbocycles. The van der Waals surface area contributed by atoms with E-state index in [1.165, 1.54) is 11.8 Å². The molecule has 2 amide bonds. The first-order chi connectivity index (χ1) is 11.8. The normalized spacial score (nSPS) is 11.6. The molecule has 0 aliphatic heterocycles. The highest BCUT2D eigenvalue weighted by molar-refractivity contribution is 9.10. The molecule has 2 rings (SSSR count). The minimum atomic E-state index is -0.697. The molecule has 0 fully saturated rings. The quantitative estimate of drug-likeness (QED) is 0.768. The molecule has 0 aliphatic carbocycles. The summed E-state index contributed by atoms with van der Waals surface area (Å²) in [6.45, 7) is 3.15. The van der Waals surface area contributed by atoms with Gasteiger partial charge >= 0.3 is 0 Å². The number of halogens is 2. The number of rotatable bonds is 5. The number of hydrogen-bond donors (Lipinski definition) is 1. The van der Waals surface area contributed by atoms with Gasteiger partial charge in [-0.2, -0.15) is 0 Å². The molecule has 0 aromatic heterocycles. The highest BCUT2D eigenvalue weighted by atomic mass is 79.9. The van der Waals surface area contributed by atoms with Crippen LogP contribution in [0.15, 0.2) is 46.9 Å². The van der Waals surface area contributed by atoms with E-state index in [1.807, 2.05) is 0 Å². The molecule has 0 aliphatic rings. The molecule has 0 spiro atoms. The lowest BCUT2D eigenvalue weighted by Gasteiger charge is -2.17. The minimum Gasteiger partial charge on any atom is -0.480 e. The Labute approximate surface area is 160 Å². The lowest BCUT2D eigenvalue weighted by atomic mass is 10.2. The van der Waals surface area contributed by atoms with E-state index in [0.717, 1.165) is 5.69 Å². The molecular weight excluding hydrogens is 408 g/mol. The number of carbonyl (C=O) groups is 2. The minimum absolute atomic E-state index is 0.0626. The molecule has 1 unspecified atom stereocenters. The molecule has 0 saturated heterocycles. The summed E-state index contributed by atoms with van der Waals surface area (Å²) >= 11 is 9.24. The standard InChI is InChI=1S/C18H18BrClN2O3/c1-11(25-17-9-4-13(20)10-16(17)19)18(24)21-14-5-7-15(8-6-14)22(3)12(2)23/h4-11H,1-3H3,(H,21,24). The van der Waals surface area contributed by atoms with Crippen molar-refractivity contribution in [3.63, 3.8) is 0 Å². The van der Waals surface area contributed by atoms with Crippen molar-refractivity contribution in [1.29, 1.82) is 0 Å². The molecule has 0 saturated carbocycles. The summed E-state index contributed by atoms with van der Waals surface area (Å²) in [7, 11) is 1.69. The van der Waals surface area contributed by atoms with Gasteiger partial charge in [-0.05, 0) is 65.3 Å². The zero-order valence-electron chi connectivity index (χ0n) is 14.0. The summed E-state index contributed by atoms with van der Waals surface area (Å²) in [5.41, 5.74) is 1.37. The fourth-order valence-electron chi connectivity index (χ4n) is 2.01. The second-order valence-electron chi connectivity index (χ2n) is 5.45. The predicted octanol–water partition coefficient (Wildman–Crippen LogP) is 4.49. The summed E-state index contributed by atoms with van der Waals surface area (Å²) < 4.78 is 6.33. The van der Waals surface area contributed by atoms with Crippen LogP contribution in [0.25, 0.3) is 0 Å². The van der Waals surface area contributed by atoms with Gasteiger partial charge in [0.05, 0.1) is 4.47 Å². The highest BCUT2D eigenvalue weighted by Crippen LogP contribution is 2.29. The Morgan fingerprint density at radius 3 is 2.40 bits per heavy atom. The zero-order chi connectivity index (χ0) is 18.6. The Hall–Kier alpha value is -2.05. The van der Waals surface area contributed by atoms with Gasteiger partial charge in [-0.15, -0.1) is 0 Å². The van der Waals surface area contributed by atoms with E-state index in [2.05, 4.69) is 21.2 Å². The largest absolute Gasteiger partial charge is 0.480 e. The van der Waals surface area contributed by atoms with Crippen molar-refractivity contribution >= 4 is 50.7 Å². The number of amides is 2. The van der Waals surface area contributed by atoms with Crippen molar-refractivity contribution in [3.05, 3.63) is 52.0 Å². The summed E-state index contributed by atoms with van der Waals surface area (Å²) in [5.74, 6) is 0.187. The number of hydrogen-bond acceptors (Lipinski definition) is 3. The molecule has 0 radical (unpaired) electrons. The number of anilines is 2. The smallest absolute Gasteiger partial charge is 0.265 e. The van der Waals surface area contributed by atoms with Crippen molar-refractivity contribution in [3.8, 4) is 5.75 Å². The molecule has 7 heteroatoms. The topological polar surface area (TPSA) is 58.6 Å². The van der Waals surface area contributed by atoms with Gasteiger partial charge in [-0.25, -0.2) is 0 Å². The highest BCUT2D eigenvalue weighted by Gasteiger charge is 2.16. The van der Waals surface area contributed by atoms with Gasteiger partial charge in [0, 0.05) is 30.4 Å². The second kappa shape index (κ2) is 8.36. The summed E-state index contributed by atoms with van der Waals surface area (Å²) in [6, 6.07) is 12.1. The number of nitrogens with one attached hydrogen (secondary N) is 1. The van der Waals surface area contributed by atoms with Crippen LogP contribution in [0.1, 0.15) is 13.8 Å². The van der Waals surface area contributed by atoms with Crippen LogP contribution in [0.4, 0.5) is 11.4 Å². The predicted molar refractivity (Wildman–Crippen MR) is 103 cm³/mol. The van der Waals surface area contributed by atoms with Gasteiger partial charge in [0.15, 0.2) is 6.10 Å². The summed E-state index contributed by atoms with van der Waals surface area (Å²) in [6.07, 6.45) is -0.697. The monoisotopic (exact) mass is 424 g/mol. The Balaban J connectivity index is 2.00. The molecule has 0 heterocycles. The number of benzene rings is 2. The van der Waals surface area contributed by atoms with E-state index in [0.29, 0.717) is 20.9 Å². The van der Waals surface area contributed by atoms with Crippen LogP contribution >= 0.6 is 27.5 Å². The van der Waals surface area contributed by atoms with Gasteiger partial charge in [-0.1, -0.05) is 11.6 Å². The molecule has 2 aromatic rings. The average molecular weight is 426 g/mol. The number of nitrogens with zero attached hydrogens (tertiary/aromatic N) is 1. The first-order valence-electron chi connectivity index (χ1n) is 7.55. The lowest BCUT2D eigenvalue weighted by molar-refractivity contribution is -0.122. The fourth-order valence-corrected chi connectivity index (χ4v) is 2.78. The van der Waals surface area contributed by atoms with Crippen molar-refractivity contribution in [2.45, 2.75) is 20.0 Å². The SMILES string of the molecule is CC(=O)N(C)c1ccc(NC(=O)C(C)Oc2ccc(Cl)cc2Br)cc1. The Morgan fingerprint density at radius 2 is 1.84 bits per heavy atom. The molecule has 0 bridgehead atoms. The third-order valence-corrected chi connectivity index (χ3v) is 4.42. The molecular formula is C18H18BrClN2O3. The van der Waals surface area contributed by atoms with Crippen molar-refractivity contribution in [2.24, 2.45) is 0 Å². The molecule has 25 heavy (non-hydrogen) atoms. The van der Waals surface area contributed by atoms with Crippen LogP contribution < -0.4 is 15.0 Å². The van der Waals surface area contributed by atoms with E-state index in [4.69, 9.17) is 16.3 Å². The van der Waals surface area contributed by atoms with Crippen LogP contribution in [0.3, 0.4) is 0 Å². The van der Waals surface area contributed by atoms with Gasteiger partial charge < -0.3 is 15.0 Å². The van der Waals surface area contributed by atoms with Crippen LogP contribution in [0.2, 0.25) is 5.02 Å². The van der Waals surface area contributed by atoms with Crippen molar-refractivity contribution in [1.82, 2.24) is 0 Å². The summed E-state index contributed by atoms with van der Waals surface area (Å²) in [4.78, 5) is 25.1. The van der Waals surface area contributed by atoms with Gasteiger partial charge in [0.25, 0.3) is 5.91 Å². The molecule has 1 N–H and O–H groups in total. The van der Waals surface area contributed by atoms with Crippen molar-refractivity contribution < 1.29 is 14.3 Å². The zero-order valence-corrected chi connectivity index (χ0v) is 16.4. The number of ether oxygens (including phenoxy) is 1. The number of carbonyl (C=O) groups excluding carboxylic acids is 2. The van der Waals surface area contributed by atoms with E-state index in [1.54, 1.807) is 56.4 Å². The van der Waals surface area contributed by atoms with Crippen LogP contribution in [0, 0.1) is 0 Å².